The number of fused-ring (bicyclic) bond motifs is 1. The van der Waals surface area contributed by atoms with Crippen molar-refractivity contribution in [3.63, 3.8) is 0 Å². The zero-order valence-corrected chi connectivity index (χ0v) is 12.2. The lowest BCUT2D eigenvalue weighted by atomic mass is 9.62. The lowest BCUT2D eigenvalue weighted by molar-refractivity contribution is 0.192. The molecule has 1 heterocycles. The summed E-state index contributed by atoms with van der Waals surface area (Å²) in [5, 5.41) is 3.74. The van der Waals surface area contributed by atoms with E-state index in [9.17, 15) is 0 Å². The van der Waals surface area contributed by atoms with Crippen LogP contribution >= 0.6 is 0 Å². The molecule has 1 nitrogen and oxygen atoms in total. The van der Waals surface area contributed by atoms with E-state index in [-0.39, 0.29) is 5.41 Å². The fourth-order valence-electron chi connectivity index (χ4n) is 3.33. The number of allylic oxidation sites excluding steroid dienone is 1. The predicted molar refractivity (Wildman–Crippen MR) is 74.9 cm³/mol. The Morgan fingerprint density at radius 3 is 2.41 bits per heavy atom. The van der Waals surface area contributed by atoms with Crippen LogP contribution in [0.5, 0.6) is 0 Å². The monoisotopic (exact) mass is 233 g/mol. The Bertz CT molecular complexity index is 362. The van der Waals surface area contributed by atoms with Gasteiger partial charge in [0.2, 0.25) is 0 Å². The van der Waals surface area contributed by atoms with E-state index in [0.29, 0.717) is 23.3 Å². The van der Waals surface area contributed by atoms with Gasteiger partial charge in [-0.1, -0.05) is 65.3 Å². The van der Waals surface area contributed by atoms with E-state index in [2.05, 4.69) is 65.1 Å². The van der Waals surface area contributed by atoms with Gasteiger partial charge in [-0.15, -0.1) is 0 Å². The Morgan fingerprint density at radius 1 is 1.29 bits per heavy atom. The minimum Gasteiger partial charge on any atom is -0.309 e. The van der Waals surface area contributed by atoms with Crippen molar-refractivity contribution in [2.75, 3.05) is 6.54 Å². The Morgan fingerprint density at radius 2 is 1.94 bits per heavy atom. The largest absolute Gasteiger partial charge is 0.309 e. The van der Waals surface area contributed by atoms with Crippen molar-refractivity contribution < 1.29 is 0 Å². The Hall–Kier alpha value is -0.560. The summed E-state index contributed by atoms with van der Waals surface area (Å²) in [7, 11) is 0. The second kappa shape index (κ2) is 3.98. The molecule has 2 aliphatic rings. The minimum absolute atomic E-state index is 0.271. The molecule has 17 heavy (non-hydrogen) atoms. The normalized spacial score (nSPS) is 43.1. The molecule has 0 saturated carbocycles. The molecule has 1 aliphatic heterocycles. The van der Waals surface area contributed by atoms with Gasteiger partial charge in [0.1, 0.15) is 0 Å². The van der Waals surface area contributed by atoms with Crippen molar-refractivity contribution in [2.24, 2.45) is 22.7 Å². The van der Waals surface area contributed by atoms with Crippen molar-refractivity contribution in [2.45, 2.75) is 47.6 Å². The highest BCUT2D eigenvalue weighted by Gasteiger charge is 2.43. The molecule has 0 spiro atoms. The van der Waals surface area contributed by atoms with Crippen molar-refractivity contribution in [1.29, 1.82) is 0 Å². The maximum atomic E-state index is 3.74. The van der Waals surface area contributed by atoms with Gasteiger partial charge < -0.3 is 5.32 Å². The fourth-order valence-corrected chi connectivity index (χ4v) is 3.33. The lowest BCUT2D eigenvalue weighted by Gasteiger charge is -2.49. The van der Waals surface area contributed by atoms with Crippen LogP contribution in [-0.4, -0.2) is 12.6 Å². The van der Waals surface area contributed by atoms with Crippen LogP contribution in [0.1, 0.15) is 41.5 Å². The van der Waals surface area contributed by atoms with Gasteiger partial charge in [-0.05, 0) is 17.3 Å². The van der Waals surface area contributed by atoms with E-state index >= 15 is 0 Å². The molecule has 96 valence electrons. The second-order valence-electron chi connectivity index (χ2n) is 7.03. The third kappa shape index (κ3) is 1.99. The summed E-state index contributed by atoms with van der Waals surface area (Å²) < 4.78 is 0. The van der Waals surface area contributed by atoms with Gasteiger partial charge in [-0.2, -0.15) is 0 Å². The number of hydrogen-bond acceptors (Lipinski definition) is 1. The van der Waals surface area contributed by atoms with Gasteiger partial charge in [0.05, 0.1) is 0 Å². The molecular formula is C16H27N. The third-order valence-corrected chi connectivity index (χ3v) is 4.90. The third-order valence-electron chi connectivity index (χ3n) is 4.90. The average molecular weight is 233 g/mol. The van der Waals surface area contributed by atoms with E-state index in [4.69, 9.17) is 0 Å². The summed E-state index contributed by atoms with van der Waals surface area (Å²) >= 11 is 0. The lowest BCUT2D eigenvalue weighted by Crippen LogP contribution is -2.54. The summed E-state index contributed by atoms with van der Waals surface area (Å²) in [6.07, 6.45) is 7.24. The van der Waals surface area contributed by atoms with E-state index in [1.807, 2.05) is 0 Å². The van der Waals surface area contributed by atoms with Crippen molar-refractivity contribution in [3.8, 4) is 0 Å². The molecule has 3 unspecified atom stereocenters. The molecule has 0 bridgehead atoms. The zero-order chi connectivity index (χ0) is 12.8. The zero-order valence-electron chi connectivity index (χ0n) is 12.2. The Kier molecular flexibility index (Phi) is 3.02. The topological polar surface area (TPSA) is 12.0 Å². The highest BCUT2D eigenvalue weighted by atomic mass is 15.0. The first kappa shape index (κ1) is 12.9. The molecule has 0 aromatic carbocycles. The molecule has 0 radical (unpaired) electrons. The first-order chi connectivity index (χ1) is 7.77. The van der Waals surface area contributed by atoms with Crippen LogP contribution in [0.3, 0.4) is 0 Å². The summed E-state index contributed by atoms with van der Waals surface area (Å²) in [5.41, 5.74) is 2.20. The molecule has 2 rings (SSSR count). The molecular weight excluding hydrogens is 206 g/mol. The highest BCUT2D eigenvalue weighted by molar-refractivity contribution is 5.29. The number of hydrogen-bond donors (Lipinski definition) is 1. The van der Waals surface area contributed by atoms with Gasteiger partial charge in [0.15, 0.2) is 0 Å². The van der Waals surface area contributed by atoms with Crippen LogP contribution in [0.15, 0.2) is 23.8 Å². The van der Waals surface area contributed by atoms with Crippen molar-refractivity contribution >= 4 is 0 Å². The standard InChI is InChI=1S/C16H27N/c1-11(2)13-9-12(3)16(6)8-7-14(16)17-10-15(13,4)5/h7-9,11-12,14,17H,10H2,1-6H3/b13-9-. The van der Waals surface area contributed by atoms with Crippen LogP contribution in [0, 0.1) is 22.7 Å². The first-order valence-corrected chi connectivity index (χ1v) is 6.92. The van der Waals surface area contributed by atoms with Crippen LogP contribution in [0.4, 0.5) is 0 Å². The second-order valence-corrected chi connectivity index (χ2v) is 7.03. The molecule has 0 aromatic rings. The summed E-state index contributed by atoms with van der Waals surface area (Å²) in [5.74, 6) is 1.25. The molecule has 0 aromatic heterocycles. The maximum absolute atomic E-state index is 3.74. The van der Waals surface area contributed by atoms with Gasteiger partial charge in [0, 0.05) is 18.0 Å². The van der Waals surface area contributed by atoms with Crippen LogP contribution < -0.4 is 5.32 Å². The van der Waals surface area contributed by atoms with Crippen molar-refractivity contribution in [3.05, 3.63) is 23.8 Å². The molecule has 0 fully saturated rings. The predicted octanol–water partition coefficient (Wildman–Crippen LogP) is 3.78. The van der Waals surface area contributed by atoms with Gasteiger partial charge in [-0.25, -0.2) is 0 Å². The molecule has 1 aliphatic carbocycles. The molecule has 1 heteroatoms. The van der Waals surface area contributed by atoms with Gasteiger partial charge in [-0.3, -0.25) is 0 Å². The smallest absolute Gasteiger partial charge is 0.0345 e. The molecule has 1 N–H and O–H groups in total. The van der Waals surface area contributed by atoms with Crippen LogP contribution in [0.25, 0.3) is 0 Å². The summed E-state index contributed by atoms with van der Waals surface area (Å²) in [4.78, 5) is 0. The molecule has 0 saturated heterocycles. The summed E-state index contributed by atoms with van der Waals surface area (Å²) in [6.45, 7) is 15.2. The Balaban J connectivity index is 2.39. The quantitative estimate of drug-likeness (QED) is 0.680. The van der Waals surface area contributed by atoms with Gasteiger partial charge in [0.25, 0.3) is 0 Å². The van der Waals surface area contributed by atoms with E-state index in [0.717, 1.165) is 6.54 Å². The Labute approximate surface area is 106 Å². The van der Waals surface area contributed by atoms with Gasteiger partial charge >= 0.3 is 0 Å². The van der Waals surface area contributed by atoms with Crippen LogP contribution in [0.2, 0.25) is 0 Å². The first-order valence-electron chi connectivity index (χ1n) is 6.92. The average Bonchev–Trinajstić information content (AvgIpc) is 2.21. The maximum Gasteiger partial charge on any atom is 0.0345 e. The van der Waals surface area contributed by atoms with Crippen molar-refractivity contribution in [1.82, 2.24) is 5.32 Å². The minimum atomic E-state index is 0.271. The number of rotatable bonds is 1. The summed E-state index contributed by atoms with van der Waals surface area (Å²) in [6, 6.07) is 0.557. The van der Waals surface area contributed by atoms with E-state index in [1.54, 1.807) is 5.57 Å². The molecule has 3 atom stereocenters. The fraction of sp³-hybridized carbons (Fsp3) is 0.750. The highest BCUT2D eigenvalue weighted by Crippen LogP contribution is 2.45. The SMILES string of the molecule is CC(C)/C1=C/C(C)C2(C)C=CC2NCC1(C)C. The van der Waals surface area contributed by atoms with E-state index in [1.165, 1.54) is 0 Å². The van der Waals surface area contributed by atoms with Crippen LogP contribution in [-0.2, 0) is 0 Å². The number of nitrogens with one attached hydrogen (secondary N) is 1. The van der Waals surface area contributed by atoms with E-state index < -0.39 is 0 Å². The molecule has 0 amide bonds.